The molecule has 0 bridgehead atoms. The molecular formula is C21H28N2O3. The van der Waals surface area contributed by atoms with E-state index in [0.717, 1.165) is 43.3 Å². The molecule has 4 rings (SSSR count). The van der Waals surface area contributed by atoms with Gasteiger partial charge in [-0.3, -0.25) is 9.69 Å². The molecule has 1 saturated heterocycles. The summed E-state index contributed by atoms with van der Waals surface area (Å²) in [5.41, 5.74) is 3.80. The van der Waals surface area contributed by atoms with E-state index in [2.05, 4.69) is 16.8 Å². The van der Waals surface area contributed by atoms with Crippen molar-refractivity contribution in [2.45, 2.75) is 45.6 Å². The van der Waals surface area contributed by atoms with Crippen molar-refractivity contribution in [3.05, 3.63) is 29.5 Å². The molecule has 26 heavy (non-hydrogen) atoms. The summed E-state index contributed by atoms with van der Waals surface area (Å²) in [6, 6.07) is 6.01. The maximum atomic E-state index is 11.2. The third-order valence-electron chi connectivity index (χ3n) is 6.35. The second-order valence-electron chi connectivity index (χ2n) is 7.80. The highest BCUT2D eigenvalue weighted by Gasteiger charge is 2.37. The number of ether oxygens (including phenoxy) is 1. The Labute approximate surface area is 154 Å². The average molecular weight is 356 g/mol. The van der Waals surface area contributed by atoms with Crippen LogP contribution in [0.25, 0.3) is 10.9 Å². The first-order chi connectivity index (χ1) is 12.6. The molecule has 2 N–H and O–H groups in total. The van der Waals surface area contributed by atoms with E-state index in [9.17, 15) is 9.90 Å². The fourth-order valence-corrected chi connectivity index (χ4v) is 4.91. The molecule has 0 aliphatic carbocycles. The molecule has 3 heterocycles. The summed E-state index contributed by atoms with van der Waals surface area (Å²) in [6.07, 6.45) is 4.35. The van der Waals surface area contributed by atoms with Crippen LogP contribution in [0.4, 0.5) is 0 Å². The molecule has 0 spiro atoms. The number of hydrogen-bond acceptors (Lipinski definition) is 4. The Bertz CT molecular complexity index is 813. The van der Waals surface area contributed by atoms with E-state index in [-0.39, 0.29) is 5.97 Å². The quantitative estimate of drug-likeness (QED) is 0.819. The monoisotopic (exact) mass is 356 g/mol. The van der Waals surface area contributed by atoms with Crippen molar-refractivity contribution >= 4 is 16.9 Å². The van der Waals surface area contributed by atoms with Gasteiger partial charge in [0, 0.05) is 30.1 Å². The van der Waals surface area contributed by atoms with Crippen molar-refractivity contribution < 1.29 is 14.6 Å². The van der Waals surface area contributed by atoms with Crippen LogP contribution in [0.15, 0.2) is 18.2 Å². The van der Waals surface area contributed by atoms with Crippen molar-refractivity contribution in [3.63, 3.8) is 0 Å². The minimum absolute atomic E-state index is 0.184. The molecule has 5 heteroatoms. The number of hydrogen-bond donors (Lipinski definition) is 2. The second-order valence-corrected chi connectivity index (χ2v) is 7.80. The van der Waals surface area contributed by atoms with Crippen LogP contribution >= 0.6 is 0 Å². The third kappa shape index (κ3) is 3.09. The number of carbonyl (C=O) groups excluding carboxylic acids is 1. The second kappa shape index (κ2) is 6.95. The van der Waals surface area contributed by atoms with Crippen molar-refractivity contribution in [3.8, 4) is 5.75 Å². The Hall–Kier alpha value is -2.01. The zero-order valence-electron chi connectivity index (χ0n) is 15.6. The summed E-state index contributed by atoms with van der Waals surface area (Å²) < 4.78 is 5.33. The van der Waals surface area contributed by atoms with Crippen LogP contribution in [-0.2, 0) is 16.0 Å². The lowest BCUT2D eigenvalue weighted by Crippen LogP contribution is -2.43. The van der Waals surface area contributed by atoms with E-state index in [4.69, 9.17) is 4.74 Å². The van der Waals surface area contributed by atoms with Gasteiger partial charge < -0.3 is 14.8 Å². The van der Waals surface area contributed by atoms with E-state index in [0.29, 0.717) is 30.2 Å². The molecule has 2 aromatic rings. The van der Waals surface area contributed by atoms with Crippen LogP contribution in [0.2, 0.25) is 0 Å². The molecule has 2 aliphatic rings. The van der Waals surface area contributed by atoms with Crippen LogP contribution in [0, 0.1) is 11.8 Å². The number of aromatic hydroxyl groups is 1. The fraction of sp³-hybridized carbons (Fsp3) is 0.571. The van der Waals surface area contributed by atoms with Crippen LogP contribution < -0.4 is 0 Å². The van der Waals surface area contributed by atoms with Crippen LogP contribution in [0.5, 0.6) is 5.75 Å². The van der Waals surface area contributed by atoms with Crippen LogP contribution in [-0.4, -0.2) is 40.7 Å². The summed E-state index contributed by atoms with van der Waals surface area (Å²) in [6.45, 7) is 6.40. The van der Waals surface area contributed by atoms with E-state index in [1.807, 2.05) is 12.1 Å². The lowest BCUT2D eigenvalue weighted by Gasteiger charge is -2.44. The molecule has 1 aromatic heterocycles. The zero-order chi connectivity index (χ0) is 18.3. The Balaban J connectivity index is 1.60. The highest BCUT2D eigenvalue weighted by atomic mass is 16.5. The Kier molecular flexibility index (Phi) is 4.65. The van der Waals surface area contributed by atoms with Gasteiger partial charge in [0.1, 0.15) is 5.75 Å². The molecular weight excluding hydrogens is 328 g/mol. The zero-order valence-corrected chi connectivity index (χ0v) is 15.6. The standard InChI is InChI=1S/C21H28N2O3/c1-3-14(12-26-13(2)24)15-6-8-23-9-7-17-18-11-16(25)4-5-19(18)22-21(17)20(23)10-15/h4-5,11,14-15,20,22,25H,3,6-10,12H2,1-2H3/t14?,15-,20-/m0/s1. The smallest absolute Gasteiger partial charge is 0.302 e. The number of nitrogens with one attached hydrogen (secondary N) is 1. The highest BCUT2D eigenvalue weighted by molar-refractivity contribution is 5.86. The first-order valence-corrected chi connectivity index (χ1v) is 9.77. The summed E-state index contributed by atoms with van der Waals surface area (Å²) in [5, 5.41) is 11.0. The van der Waals surface area contributed by atoms with E-state index < -0.39 is 0 Å². The van der Waals surface area contributed by atoms with Crippen LogP contribution in [0.1, 0.15) is 50.4 Å². The number of aromatic amines is 1. The third-order valence-corrected chi connectivity index (χ3v) is 6.35. The Morgan fingerprint density at radius 1 is 1.42 bits per heavy atom. The number of nitrogens with zero attached hydrogens (tertiary/aromatic N) is 1. The number of fused-ring (bicyclic) bond motifs is 5. The first-order valence-electron chi connectivity index (χ1n) is 9.77. The number of esters is 1. The lowest BCUT2D eigenvalue weighted by molar-refractivity contribution is -0.143. The van der Waals surface area contributed by atoms with Gasteiger partial charge in [-0.15, -0.1) is 0 Å². The number of aromatic nitrogens is 1. The van der Waals surface area contributed by atoms with Gasteiger partial charge in [-0.2, -0.15) is 0 Å². The predicted molar refractivity (Wildman–Crippen MR) is 101 cm³/mol. The Morgan fingerprint density at radius 3 is 3.04 bits per heavy atom. The molecule has 1 aromatic carbocycles. The number of piperidine rings is 1. The van der Waals surface area contributed by atoms with Gasteiger partial charge in [-0.05, 0) is 67.8 Å². The SMILES string of the molecule is CCC(COC(C)=O)[C@H]1CCN2CCc3c([nH]c4ccc(O)cc34)[C@@H]2C1. The maximum absolute atomic E-state index is 11.2. The topological polar surface area (TPSA) is 65.6 Å². The number of phenolic OH excluding ortho intramolecular Hbond substituents is 1. The van der Waals surface area contributed by atoms with Gasteiger partial charge in [0.15, 0.2) is 0 Å². The van der Waals surface area contributed by atoms with Crippen molar-refractivity contribution in [1.82, 2.24) is 9.88 Å². The normalized spacial score (nSPS) is 24.1. The van der Waals surface area contributed by atoms with E-state index in [1.54, 1.807) is 6.07 Å². The van der Waals surface area contributed by atoms with Gasteiger partial charge in [0.05, 0.1) is 12.6 Å². The maximum Gasteiger partial charge on any atom is 0.302 e. The molecule has 1 fully saturated rings. The highest BCUT2D eigenvalue weighted by Crippen LogP contribution is 2.43. The fourth-order valence-electron chi connectivity index (χ4n) is 4.91. The van der Waals surface area contributed by atoms with E-state index in [1.165, 1.54) is 24.6 Å². The minimum atomic E-state index is -0.184. The summed E-state index contributed by atoms with van der Waals surface area (Å²) in [5.74, 6) is 1.15. The molecule has 0 radical (unpaired) electrons. The minimum Gasteiger partial charge on any atom is -0.508 e. The number of H-pyrrole nitrogens is 1. The number of phenols is 1. The summed E-state index contributed by atoms with van der Waals surface area (Å²) in [7, 11) is 0. The molecule has 0 amide bonds. The average Bonchev–Trinajstić information content (AvgIpc) is 3.00. The van der Waals surface area contributed by atoms with Gasteiger partial charge in [0.25, 0.3) is 0 Å². The molecule has 3 atom stereocenters. The van der Waals surface area contributed by atoms with Crippen molar-refractivity contribution in [2.75, 3.05) is 19.7 Å². The molecule has 2 aliphatic heterocycles. The molecule has 1 unspecified atom stereocenters. The number of carbonyl (C=O) groups is 1. The van der Waals surface area contributed by atoms with E-state index >= 15 is 0 Å². The number of rotatable bonds is 4. The predicted octanol–water partition coefficient (Wildman–Crippen LogP) is 3.77. The largest absolute Gasteiger partial charge is 0.508 e. The van der Waals surface area contributed by atoms with Crippen LogP contribution in [0.3, 0.4) is 0 Å². The first kappa shape index (κ1) is 17.4. The van der Waals surface area contributed by atoms with Crippen molar-refractivity contribution in [1.29, 1.82) is 0 Å². The van der Waals surface area contributed by atoms with Gasteiger partial charge in [-0.25, -0.2) is 0 Å². The van der Waals surface area contributed by atoms with Crippen molar-refractivity contribution in [2.24, 2.45) is 11.8 Å². The lowest BCUT2D eigenvalue weighted by atomic mass is 9.77. The molecule has 5 nitrogen and oxygen atoms in total. The summed E-state index contributed by atoms with van der Waals surface area (Å²) >= 11 is 0. The Morgan fingerprint density at radius 2 is 2.27 bits per heavy atom. The van der Waals surface area contributed by atoms with Gasteiger partial charge in [0.2, 0.25) is 0 Å². The molecule has 0 saturated carbocycles. The van der Waals surface area contributed by atoms with Gasteiger partial charge in [-0.1, -0.05) is 6.92 Å². The molecule has 140 valence electrons. The number of benzene rings is 1. The summed E-state index contributed by atoms with van der Waals surface area (Å²) in [4.78, 5) is 17.4. The van der Waals surface area contributed by atoms with Gasteiger partial charge >= 0.3 is 5.97 Å².